The smallest absolute Gasteiger partial charge is 0.311 e. The largest absolute Gasteiger partial charge is 0.466 e. The Morgan fingerprint density at radius 1 is 0.769 bits per heavy atom. The van der Waals surface area contributed by atoms with Crippen LogP contribution in [-0.2, 0) is 19.1 Å². The number of nitrogens with one attached hydrogen (secondary N) is 4. The highest BCUT2D eigenvalue weighted by atomic mass is 16.5. The predicted octanol–water partition coefficient (Wildman–Crippen LogP) is -0.506. The highest BCUT2D eigenvalue weighted by Gasteiger charge is 2.28. The Morgan fingerprint density at radius 2 is 1.15 bits per heavy atom. The standard InChI is InChI=1S/C18H36N4O4/c1-5-25-17(23)15-11-19-7-8-20-12-16(18(24)26-6-2)14(4)22-10-9-21-13(15)3/h13-16,19-22H,5-12H2,1-4H3. The first kappa shape index (κ1) is 22.8. The summed E-state index contributed by atoms with van der Waals surface area (Å²) >= 11 is 0. The molecule has 1 fully saturated rings. The van der Waals surface area contributed by atoms with Crippen molar-refractivity contribution in [3.63, 3.8) is 0 Å². The molecule has 1 aliphatic heterocycles. The van der Waals surface area contributed by atoms with Crippen molar-refractivity contribution < 1.29 is 19.1 Å². The third kappa shape index (κ3) is 7.99. The zero-order valence-electron chi connectivity index (χ0n) is 16.6. The zero-order valence-corrected chi connectivity index (χ0v) is 16.6. The minimum atomic E-state index is -0.234. The molecule has 0 aromatic heterocycles. The van der Waals surface area contributed by atoms with Gasteiger partial charge in [0.15, 0.2) is 0 Å². The summed E-state index contributed by atoms with van der Waals surface area (Å²) in [5.74, 6) is -0.822. The maximum absolute atomic E-state index is 12.2. The molecule has 8 heteroatoms. The number of carbonyl (C=O) groups excluding carboxylic acids is 2. The fraction of sp³-hybridized carbons (Fsp3) is 0.889. The Morgan fingerprint density at radius 3 is 1.50 bits per heavy atom. The van der Waals surface area contributed by atoms with Crippen LogP contribution in [0, 0.1) is 11.8 Å². The van der Waals surface area contributed by atoms with Gasteiger partial charge in [0.05, 0.1) is 25.0 Å². The molecule has 1 rings (SSSR count). The van der Waals surface area contributed by atoms with Crippen molar-refractivity contribution in [1.29, 1.82) is 0 Å². The van der Waals surface area contributed by atoms with Crippen LogP contribution < -0.4 is 21.3 Å². The maximum Gasteiger partial charge on any atom is 0.311 e. The molecule has 26 heavy (non-hydrogen) atoms. The van der Waals surface area contributed by atoms with E-state index in [-0.39, 0.29) is 35.9 Å². The van der Waals surface area contributed by atoms with Gasteiger partial charge in [0.25, 0.3) is 0 Å². The average molecular weight is 373 g/mol. The van der Waals surface area contributed by atoms with Gasteiger partial charge in [-0.2, -0.15) is 0 Å². The lowest BCUT2D eigenvalue weighted by Crippen LogP contribution is -2.50. The van der Waals surface area contributed by atoms with Crippen molar-refractivity contribution >= 4 is 11.9 Å². The molecule has 152 valence electrons. The molecule has 0 spiro atoms. The lowest BCUT2D eigenvalue weighted by atomic mass is 10.00. The Labute approximate surface area is 157 Å². The molecule has 8 nitrogen and oxygen atoms in total. The summed E-state index contributed by atoms with van der Waals surface area (Å²) in [5.41, 5.74) is 0. The molecular weight excluding hydrogens is 336 g/mol. The van der Waals surface area contributed by atoms with Gasteiger partial charge in [-0.1, -0.05) is 0 Å². The fourth-order valence-electron chi connectivity index (χ4n) is 3.00. The molecule has 0 bridgehead atoms. The molecule has 4 N–H and O–H groups in total. The Kier molecular flexibility index (Phi) is 11.4. The molecule has 1 heterocycles. The van der Waals surface area contributed by atoms with Crippen molar-refractivity contribution in [3.05, 3.63) is 0 Å². The van der Waals surface area contributed by atoms with Crippen molar-refractivity contribution in [2.75, 3.05) is 52.5 Å². The van der Waals surface area contributed by atoms with E-state index in [0.29, 0.717) is 52.5 Å². The van der Waals surface area contributed by atoms with E-state index < -0.39 is 0 Å². The number of hydrogen-bond acceptors (Lipinski definition) is 8. The van der Waals surface area contributed by atoms with Gasteiger partial charge >= 0.3 is 11.9 Å². The SMILES string of the molecule is CCOC(=O)C1CNCCNCC(C(=O)OCC)C(C)NCCNC1C. The second-order valence-corrected chi connectivity index (χ2v) is 6.61. The topological polar surface area (TPSA) is 101 Å². The van der Waals surface area contributed by atoms with Crippen LogP contribution in [0.1, 0.15) is 27.7 Å². The van der Waals surface area contributed by atoms with Crippen LogP contribution in [-0.4, -0.2) is 76.5 Å². The Balaban J connectivity index is 2.66. The molecule has 0 amide bonds. The first-order valence-electron chi connectivity index (χ1n) is 9.72. The van der Waals surface area contributed by atoms with Crippen LogP contribution in [0.5, 0.6) is 0 Å². The molecule has 4 atom stereocenters. The number of ether oxygens (including phenoxy) is 2. The summed E-state index contributed by atoms with van der Waals surface area (Å²) in [7, 11) is 0. The van der Waals surface area contributed by atoms with Crippen LogP contribution >= 0.6 is 0 Å². The summed E-state index contributed by atoms with van der Waals surface area (Å²) in [6.45, 7) is 12.3. The van der Waals surface area contributed by atoms with Crippen LogP contribution in [0.3, 0.4) is 0 Å². The summed E-state index contributed by atoms with van der Waals surface area (Å²) in [4.78, 5) is 24.4. The number of rotatable bonds is 4. The van der Waals surface area contributed by atoms with Crippen molar-refractivity contribution in [3.8, 4) is 0 Å². The van der Waals surface area contributed by atoms with Crippen LogP contribution in [0.2, 0.25) is 0 Å². The molecule has 4 unspecified atom stereocenters. The highest BCUT2D eigenvalue weighted by molar-refractivity contribution is 5.74. The Bertz CT molecular complexity index is 384. The summed E-state index contributed by atoms with van der Waals surface area (Å²) < 4.78 is 10.4. The monoisotopic (exact) mass is 372 g/mol. The highest BCUT2D eigenvalue weighted by Crippen LogP contribution is 2.08. The minimum Gasteiger partial charge on any atom is -0.466 e. The first-order chi connectivity index (χ1) is 12.5. The van der Waals surface area contributed by atoms with E-state index in [0.717, 1.165) is 0 Å². The van der Waals surface area contributed by atoms with Gasteiger partial charge in [-0.05, 0) is 27.7 Å². The van der Waals surface area contributed by atoms with Gasteiger partial charge in [-0.15, -0.1) is 0 Å². The van der Waals surface area contributed by atoms with Gasteiger partial charge in [0.1, 0.15) is 0 Å². The van der Waals surface area contributed by atoms with E-state index in [1.165, 1.54) is 0 Å². The van der Waals surface area contributed by atoms with Gasteiger partial charge in [0.2, 0.25) is 0 Å². The molecule has 0 aromatic carbocycles. The van der Waals surface area contributed by atoms with E-state index in [9.17, 15) is 9.59 Å². The molecule has 0 radical (unpaired) electrons. The van der Waals surface area contributed by atoms with E-state index in [4.69, 9.17) is 9.47 Å². The molecule has 0 aliphatic carbocycles. The summed E-state index contributed by atoms with van der Waals surface area (Å²) in [5, 5.41) is 13.4. The molecular formula is C18H36N4O4. The number of carbonyl (C=O) groups is 2. The quantitative estimate of drug-likeness (QED) is 0.490. The predicted molar refractivity (Wildman–Crippen MR) is 101 cm³/mol. The van der Waals surface area contributed by atoms with E-state index >= 15 is 0 Å². The normalized spacial score (nSPS) is 29.4. The van der Waals surface area contributed by atoms with Crippen LogP contribution in [0.25, 0.3) is 0 Å². The zero-order chi connectivity index (χ0) is 19.4. The van der Waals surface area contributed by atoms with E-state index in [1.807, 2.05) is 27.7 Å². The summed E-state index contributed by atoms with van der Waals surface area (Å²) in [6.07, 6.45) is 0. The second kappa shape index (κ2) is 13.0. The lowest BCUT2D eigenvalue weighted by Gasteiger charge is -2.27. The van der Waals surface area contributed by atoms with Gasteiger partial charge in [-0.3, -0.25) is 9.59 Å². The van der Waals surface area contributed by atoms with Gasteiger partial charge < -0.3 is 30.7 Å². The van der Waals surface area contributed by atoms with E-state index in [1.54, 1.807) is 0 Å². The van der Waals surface area contributed by atoms with Crippen LogP contribution in [0.4, 0.5) is 0 Å². The molecule has 1 aliphatic rings. The van der Waals surface area contributed by atoms with Crippen molar-refractivity contribution in [2.45, 2.75) is 39.8 Å². The fourth-order valence-corrected chi connectivity index (χ4v) is 3.00. The van der Waals surface area contributed by atoms with Gasteiger partial charge in [0, 0.05) is 51.4 Å². The third-order valence-electron chi connectivity index (χ3n) is 4.65. The maximum atomic E-state index is 12.2. The minimum absolute atomic E-state index is 0.00425. The number of esters is 2. The van der Waals surface area contributed by atoms with Gasteiger partial charge in [-0.25, -0.2) is 0 Å². The third-order valence-corrected chi connectivity index (χ3v) is 4.65. The van der Waals surface area contributed by atoms with Crippen molar-refractivity contribution in [2.24, 2.45) is 11.8 Å². The lowest BCUT2D eigenvalue weighted by molar-refractivity contribution is -0.149. The summed E-state index contributed by atoms with van der Waals surface area (Å²) in [6, 6.07) is -0.00850. The van der Waals surface area contributed by atoms with Crippen molar-refractivity contribution in [1.82, 2.24) is 21.3 Å². The molecule has 1 saturated heterocycles. The molecule has 0 saturated carbocycles. The number of hydrogen-bond donors (Lipinski definition) is 4. The van der Waals surface area contributed by atoms with Crippen LogP contribution in [0.15, 0.2) is 0 Å². The second-order valence-electron chi connectivity index (χ2n) is 6.61. The first-order valence-corrected chi connectivity index (χ1v) is 9.72. The molecule has 0 aromatic rings. The Hall–Kier alpha value is -1.22. The average Bonchev–Trinajstić information content (AvgIpc) is 2.60. The van der Waals surface area contributed by atoms with E-state index in [2.05, 4.69) is 21.3 Å².